The van der Waals surface area contributed by atoms with E-state index in [-0.39, 0.29) is 11.8 Å². The van der Waals surface area contributed by atoms with Gasteiger partial charge in [-0.3, -0.25) is 9.59 Å². The first-order valence-electron chi connectivity index (χ1n) is 9.74. The average molecular weight is 465 g/mol. The van der Waals surface area contributed by atoms with Crippen LogP contribution in [-0.2, 0) is 11.2 Å². The normalized spacial score (nSPS) is 15.3. The molecule has 3 aromatic rings. The Morgan fingerprint density at radius 2 is 1.80 bits per heavy atom. The van der Waals surface area contributed by atoms with Gasteiger partial charge in [0.1, 0.15) is 5.75 Å². The summed E-state index contributed by atoms with van der Waals surface area (Å²) in [7, 11) is 0. The number of hydrogen-bond donors (Lipinski definition) is 1. The second-order valence-corrected chi connectivity index (χ2v) is 8.04. The molecule has 5 nitrogen and oxygen atoms in total. The summed E-state index contributed by atoms with van der Waals surface area (Å²) >= 11 is 3.37. The Bertz CT molecular complexity index is 1070. The van der Waals surface area contributed by atoms with Gasteiger partial charge in [-0.15, -0.1) is 0 Å². The van der Waals surface area contributed by atoms with Crippen LogP contribution in [0, 0.1) is 0 Å². The lowest BCUT2D eigenvalue weighted by molar-refractivity contribution is -0.125. The van der Waals surface area contributed by atoms with Crippen LogP contribution in [-0.4, -0.2) is 24.5 Å². The minimum absolute atomic E-state index is 0.0647. The third kappa shape index (κ3) is 4.39. The molecule has 30 heavy (non-hydrogen) atoms. The first-order valence-corrected chi connectivity index (χ1v) is 10.5. The summed E-state index contributed by atoms with van der Waals surface area (Å²) in [5.74, 6) is 0.317. The van der Waals surface area contributed by atoms with Crippen molar-refractivity contribution in [2.75, 3.05) is 16.8 Å². The van der Waals surface area contributed by atoms with Crippen molar-refractivity contribution < 1.29 is 14.3 Å². The Kier molecular flexibility index (Phi) is 5.86. The molecule has 1 atom stereocenters. The molecule has 6 heteroatoms. The van der Waals surface area contributed by atoms with Crippen molar-refractivity contribution in [3.63, 3.8) is 0 Å². The molecule has 2 amide bonds. The van der Waals surface area contributed by atoms with Crippen LogP contribution in [0.25, 0.3) is 0 Å². The van der Waals surface area contributed by atoms with E-state index in [0.29, 0.717) is 23.5 Å². The van der Waals surface area contributed by atoms with E-state index in [2.05, 4.69) is 33.4 Å². The number of halogens is 1. The van der Waals surface area contributed by atoms with Gasteiger partial charge in [-0.2, -0.15) is 0 Å². The molecule has 0 bridgehead atoms. The van der Waals surface area contributed by atoms with Crippen molar-refractivity contribution in [2.24, 2.45) is 0 Å². The molecule has 0 saturated carbocycles. The second kappa shape index (κ2) is 8.71. The van der Waals surface area contributed by atoms with Gasteiger partial charge in [0.05, 0.1) is 5.69 Å². The maximum Gasteiger partial charge on any atom is 0.267 e. The fourth-order valence-electron chi connectivity index (χ4n) is 3.41. The lowest BCUT2D eigenvalue weighted by Crippen LogP contribution is -2.45. The number of carbonyl (C=O) groups excluding carboxylic acids is 2. The Hall–Kier alpha value is -3.12. The Balaban J connectivity index is 1.53. The molecule has 0 aliphatic carbocycles. The summed E-state index contributed by atoms with van der Waals surface area (Å²) in [4.78, 5) is 27.0. The Morgan fingerprint density at radius 1 is 1.07 bits per heavy atom. The lowest BCUT2D eigenvalue weighted by atomic mass is 10.1. The molecule has 0 saturated heterocycles. The van der Waals surface area contributed by atoms with Crippen LogP contribution in [0.5, 0.6) is 5.75 Å². The van der Waals surface area contributed by atoms with E-state index in [1.54, 1.807) is 36.1 Å². The van der Waals surface area contributed by atoms with E-state index in [4.69, 9.17) is 4.74 Å². The number of nitrogens with one attached hydrogen (secondary N) is 1. The molecular weight excluding hydrogens is 444 g/mol. The van der Waals surface area contributed by atoms with Crippen LogP contribution in [0.2, 0.25) is 0 Å². The summed E-state index contributed by atoms with van der Waals surface area (Å²) < 4.78 is 6.73. The zero-order valence-electron chi connectivity index (χ0n) is 16.5. The van der Waals surface area contributed by atoms with Crippen molar-refractivity contribution >= 4 is 39.1 Å². The first-order chi connectivity index (χ1) is 14.5. The zero-order valence-corrected chi connectivity index (χ0v) is 18.1. The minimum atomic E-state index is -0.578. The molecule has 0 fully saturated rings. The van der Waals surface area contributed by atoms with Crippen molar-refractivity contribution in [3.05, 3.63) is 88.4 Å². The number of anilines is 2. The highest BCUT2D eigenvalue weighted by Crippen LogP contribution is 2.36. The number of amides is 2. The molecular formula is C24H21BrN2O3. The molecule has 0 spiro atoms. The van der Waals surface area contributed by atoms with Crippen molar-refractivity contribution in [2.45, 2.75) is 19.4 Å². The van der Waals surface area contributed by atoms with Gasteiger partial charge in [0.2, 0.25) is 0 Å². The number of fused-ring (bicyclic) bond motifs is 1. The van der Waals surface area contributed by atoms with Crippen molar-refractivity contribution in [1.82, 2.24) is 0 Å². The maximum absolute atomic E-state index is 12.7. The van der Waals surface area contributed by atoms with E-state index in [0.717, 1.165) is 16.6 Å². The monoisotopic (exact) mass is 464 g/mol. The molecule has 1 aliphatic heterocycles. The van der Waals surface area contributed by atoms with Crippen molar-refractivity contribution in [1.29, 1.82) is 0 Å². The van der Waals surface area contributed by atoms with Crippen LogP contribution < -0.4 is 15.0 Å². The number of benzene rings is 3. The number of nitrogens with zero attached hydrogens (tertiary/aromatic N) is 1. The topological polar surface area (TPSA) is 58.6 Å². The van der Waals surface area contributed by atoms with Gasteiger partial charge in [-0.05, 0) is 55.3 Å². The molecule has 1 heterocycles. The lowest BCUT2D eigenvalue weighted by Gasteiger charge is -2.33. The van der Waals surface area contributed by atoms with E-state index >= 15 is 0 Å². The highest BCUT2D eigenvalue weighted by Gasteiger charge is 2.31. The quantitative estimate of drug-likeness (QED) is 0.573. The number of rotatable bonds is 5. The Labute approximate surface area is 183 Å². The molecule has 1 aliphatic rings. The molecule has 4 rings (SSSR count). The zero-order chi connectivity index (χ0) is 21.1. The minimum Gasteiger partial charge on any atom is -0.479 e. The molecule has 1 N–H and O–H groups in total. The average Bonchev–Trinajstić information content (AvgIpc) is 2.75. The summed E-state index contributed by atoms with van der Waals surface area (Å²) in [6.45, 7) is 2.31. The summed E-state index contributed by atoms with van der Waals surface area (Å²) in [5.41, 5.74) is 3.07. The summed E-state index contributed by atoms with van der Waals surface area (Å²) in [5, 5.41) is 2.89. The van der Waals surface area contributed by atoms with Gasteiger partial charge < -0.3 is 15.0 Å². The maximum atomic E-state index is 12.7. The van der Waals surface area contributed by atoms with Gasteiger partial charge in [0.15, 0.2) is 6.10 Å². The molecule has 152 valence electrons. The molecule has 3 aromatic carbocycles. The fourth-order valence-corrected chi connectivity index (χ4v) is 3.67. The Morgan fingerprint density at radius 3 is 2.53 bits per heavy atom. The van der Waals surface area contributed by atoms with E-state index < -0.39 is 6.10 Å². The third-order valence-corrected chi connectivity index (χ3v) is 5.53. The largest absolute Gasteiger partial charge is 0.479 e. The van der Waals surface area contributed by atoms with Crippen LogP contribution >= 0.6 is 15.9 Å². The highest BCUT2D eigenvalue weighted by molar-refractivity contribution is 9.10. The van der Waals surface area contributed by atoms with Gasteiger partial charge >= 0.3 is 0 Å². The highest BCUT2D eigenvalue weighted by atomic mass is 79.9. The van der Waals surface area contributed by atoms with E-state index in [1.165, 1.54) is 5.56 Å². The van der Waals surface area contributed by atoms with Gasteiger partial charge in [-0.1, -0.05) is 46.3 Å². The SMILES string of the molecule is CC1Oc2cc(NC(=O)c3ccc(Br)cc3)ccc2N(CCc2ccccc2)C1=O. The van der Waals surface area contributed by atoms with E-state index in [1.807, 2.05) is 36.4 Å². The first kappa shape index (κ1) is 20.2. The standard InChI is InChI=1S/C24H21BrN2O3/c1-16-24(29)27(14-13-17-5-3-2-4-6-17)21-12-11-20(15-22(21)30-16)26-23(28)18-7-9-19(25)10-8-18/h2-12,15-16H,13-14H2,1H3,(H,26,28). The van der Waals surface area contributed by atoms with Gasteiger partial charge in [-0.25, -0.2) is 0 Å². The van der Waals surface area contributed by atoms with Gasteiger partial charge in [0.25, 0.3) is 11.8 Å². The van der Waals surface area contributed by atoms with Crippen LogP contribution in [0.4, 0.5) is 11.4 Å². The molecule has 0 aromatic heterocycles. The third-order valence-electron chi connectivity index (χ3n) is 5.00. The van der Waals surface area contributed by atoms with Gasteiger partial charge in [0, 0.05) is 28.3 Å². The van der Waals surface area contributed by atoms with Crippen LogP contribution in [0.3, 0.4) is 0 Å². The fraction of sp³-hybridized carbons (Fsp3) is 0.167. The smallest absolute Gasteiger partial charge is 0.267 e. The second-order valence-electron chi connectivity index (χ2n) is 7.13. The van der Waals surface area contributed by atoms with E-state index in [9.17, 15) is 9.59 Å². The molecule has 0 radical (unpaired) electrons. The predicted molar refractivity (Wildman–Crippen MR) is 121 cm³/mol. The number of hydrogen-bond acceptors (Lipinski definition) is 3. The summed E-state index contributed by atoms with van der Waals surface area (Å²) in [6, 6.07) is 22.6. The summed E-state index contributed by atoms with van der Waals surface area (Å²) in [6.07, 6.45) is 0.173. The number of carbonyl (C=O) groups is 2. The van der Waals surface area contributed by atoms with Crippen LogP contribution in [0.1, 0.15) is 22.8 Å². The van der Waals surface area contributed by atoms with Crippen LogP contribution in [0.15, 0.2) is 77.3 Å². The van der Waals surface area contributed by atoms with Crippen molar-refractivity contribution in [3.8, 4) is 5.75 Å². The predicted octanol–water partition coefficient (Wildman–Crippen LogP) is 5.06. The number of ether oxygens (including phenoxy) is 1. The molecule has 1 unspecified atom stereocenters.